The van der Waals surface area contributed by atoms with Crippen molar-refractivity contribution in [1.82, 2.24) is 5.32 Å². The van der Waals surface area contributed by atoms with Gasteiger partial charge in [0, 0.05) is 6.20 Å². The van der Waals surface area contributed by atoms with E-state index < -0.39 is 5.66 Å². The lowest BCUT2D eigenvalue weighted by atomic mass is 10.0. The third-order valence-electron chi connectivity index (χ3n) is 2.43. The summed E-state index contributed by atoms with van der Waals surface area (Å²) in [6, 6.07) is 7.41. The van der Waals surface area contributed by atoms with Gasteiger partial charge >= 0.3 is 0 Å². The normalized spacial score (nSPS) is 23.5. The molecule has 0 bridgehead atoms. The Balaban J connectivity index is 2.35. The van der Waals surface area contributed by atoms with Gasteiger partial charge in [-0.05, 0) is 23.8 Å². The molecule has 5 N–H and O–H groups in total. The number of guanidine groups is 1. The molecule has 1 heterocycles. The molecule has 5 heteroatoms. The van der Waals surface area contributed by atoms with E-state index in [-0.39, 0.29) is 0 Å². The largest absolute Gasteiger partial charge is 0.497 e. The molecule has 0 spiro atoms. The van der Waals surface area contributed by atoms with E-state index in [1.165, 1.54) is 0 Å². The van der Waals surface area contributed by atoms with E-state index in [4.69, 9.17) is 16.2 Å². The van der Waals surface area contributed by atoms with Crippen molar-refractivity contribution in [1.29, 1.82) is 0 Å². The Hall–Kier alpha value is -2.01. The van der Waals surface area contributed by atoms with Crippen LogP contribution in [0.3, 0.4) is 0 Å². The molecule has 1 atom stereocenters. The average Bonchev–Trinajstić information content (AvgIpc) is 2.29. The van der Waals surface area contributed by atoms with Crippen molar-refractivity contribution >= 4 is 5.96 Å². The van der Waals surface area contributed by atoms with Crippen molar-refractivity contribution in [3.8, 4) is 5.75 Å². The van der Waals surface area contributed by atoms with Crippen molar-refractivity contribution < 1.29 is 4.74 Å². The molecule has 0 radical (unpaired) electrons. The summed E-state index contributed by atoms with van der Waals surface area (Å²) in [6.07, 6.45) is 3.44. The summed E-state index contributed by atoms with van der Waals surface area (Å²) >= 11 is 0. The van der Waals surface area contributed by atoms with E-state index in [1.807, 2.05) is 24.3 Å². The number of benzene rings is 1. The first-order valence-corrected chi connectivity index (χ1v) is 4.87. The third kappa shape index (κ3) is 1.85. The number of aliphatic imine (C=N–C) groups is 1. The van der Waals surface area contributed by atoms with Gasteiger partial charge in [0.2, 0.25) is 0 Å². The maximum Gasteiger partial charge on any atom is 0.195 e. The second kappa shape index (κ2) is 3.86. The predicted molar refractivity (Wildman–Crippen MR) is 62.8 cm³/mol. The molecule has 0 aliphatic carbocycles. The summed E-state index contributed by atoms with van der Waals surface area (Å²) in [4.78, 5) is 4.17. The zero-order valence-corrected chi connectivity index (χ0v) is 8.97. The standard InChI is InChI=1S/C11H14N4O/c1-16-9-4-2-8(3-5-9)11(13)6-7-14-10(12)15-11/h2-7H,13H2,1H3,(H3,12,14,15). The molecule has 5 nitrogen and oxygen atoms in total. The Morgan fingerprint density at radius 1 is 1.31 bits per heavy atom. The number of ether oxygens (including phenoxy) is 1. The topological polar surface area (TPSA) is 85.7 Å². The molecule has 0 saturated carbocycles. The van der Waals surface area contributed by atoms with Gasteiger partial charge in [-0.3, -0.25) is 5.73 Å². The Labute approximate surface area is 93.8 Å². The van der Waals surface area contributed by atoms with Crippen LogP contribution in [0.5, 0.6) is 5.75 Å². The number of hydrogen-bond acceptors (Lipinski definition) is 5. The van der Waals surface area contributed by atoms with Gasteiger partial charge in [-0.2, -0.15) is 0 Å². The molecule has 0 amide bonds. The Kier molecular flexibility index (Phi) is 2.54. The number of hydrogen-bond donors (Lipinski definition) is 3. The van der Waals surface area contributed by atoms with Crippen molar-refractivity contribution in [3.05, 3.63) is 42.1 Å². The van der Waals surface area contributed by atoms with Crippen LogP contribution < -0.4 is 21.5 Å². The van der Waals surface area contributed by atoms with Crippen LogP contribution in [-0.4, -0.2) is 13.1 Å². The Morgan fingerprint density at radius 3 is 2.56 bits per heavy atom. The van der Waals surface area contributed by atoms with Crippen LogP contribution in [0.4, 0.5) is 0 Å². The molecule has 2 rings (SSSR count). The molecular formula is C11H14N4O. The summed E-state index contributed by atoms with van der Waals surface area (Å²) in [5, 5.41) is 2.77. The summed E-state index contributed by atoms with van der Waals surface area (Å²) in [7, 11) is 1.62. The molecule has 1 aliphatic heterocycles. The predicted octanol–water partition coefficient (Wildman–Crippen LogP) is 0.238. The maximum atomic E-state index is 6.13. The van der Waals surface area contributed by atoms with Crippen molar-refractivity contribution in [2.75, 3.05) is 7.11 Å². The number of rotatable bonds is 2. The number of nitrogens with two attached hydrogens (primary N) is 2. The fourth-order valence-electron chi connectivity index (χ4n) is 1.54. The van der Waals surface area contributed by atoms with Crippen molar-refractivity contribution in [3.63, 3.8) is 0 Å². The van der Waals surface area contributed by atoms with Gasteiger partial charge in [0.25, 0.3) is 0 Å². The van der Waals surface area contributed by atoms with Gasteiger partial charge < -0.3 is 15.8 Å². The van der Waals surface area contributed by atoms with Gasteiger partial charge in [-0.25, -0.2) is 4.99 Å². The maximum absolute atomic E-state index is 6.13. The van der Waals surface area contributed by atoms with Crippen molar-refractivity contribution in [2.45, 2.75) is 5.66 Å². The molecule has 0 saturated heterocycles. The van der Waals surface area contributed by atoms with E-state index in [9.17, 15) is 0 Å². The van der Waals surface area contributed by atoms with E-state index in [0.29, 0.717) is 5.96 Å². The molecule has 0 aromatic heterocycles. The van der Waals surface area contributed by atoms with E-state index in [1.54, 1.807) is 19.4 Å². The zero-order chi connectivity index (χ0) is 11.6. The Bertz CT molecular complexity index is 438. The first-order valence-electron chi connectivity index (χ1n) is 4.87. The van der Waals surface area contributed by atoms with Crippen LogP contribution in [0, 0.1) is 0 Å². The van der Waals surface area contributed by atoms with Gasteiger partial charge in [0.1, 0.15) is 5.75 Å². The van der Waals surface area contributed by atoms with Gasteiger partial charge in [-0.1, -0.05) is 12.1 Å². The smallest absolute Gasteiger partial charge is 0.195 e. The summed E-state index contributed by atoms with van der Waals surface area (Å²) in [6.45, 7) is 0. The van der Waals surface area contributed by atoms with Crippen LogP contribution >= 0.6 is 0 Å². The first kappa shape index (κ1) is 10.5. The quantitative estimate of drug-likeness (QED) is 0.663. The number of nitrogens with zero attached hydrogens (tertiary/aromatic N) is 1. The molecular weight excluding hydrogens is 204 g/mol. The molecule has 84 valence electrons. The molecule has 0 fully saturated rings. The van der Waals surface area contributed by atoms with E-state index in [2.05, 4.69) is 10.3 Å². The molecule has 1 aromatic rings. The minimum atomic E-state index is -0.901. The minimum Gasteiger partial charge on any atom is -0.497 e. The first-order chi connectivity index (χ1) is 7.64. The highest BCUT2D eigenvalue weighted by atomic mass is 16.5. The highest BCUT2D eigenvalue weighted by Gasteiger charge is 2.25. The fourth-order valence-corrected chi connectivity index (χ4v) is 1.54. The zero-order valence-electron chi connectivity index (χ0n) is 8.97. The lowest BCUT2D eigenvalue weighted by Gasteiger charge is -2.25. The second-order valence-electron chi connectivity index (χ2n) is 3.53. The van der Waals surface area contributed by atoms with Crippen molar-refractivity contribution in [2.24, 2.45) is 16.5 Å². The molecule has 1 aliphatic rings. The number of nitrogens with one attached hydrogen (secondary N) is 1. The lowest BCUT2D eigenvalue weighted by Crippen LogP contribution is -2.42. The molecule has 1 aromatic carbocycles. The second-order valence-corrected chi connectivity index (χ2v) is 3.53. The number of methoxy groups -OCH3 is 1. The van der Waals surface area contributed by atoms with Crippen LogP contribution in [0.2, 0.25) is 0 Å². The van der Waals surface area contributed by atoms with E-state index in [0.717, 1.165) is 11.3 Å². The molecule has 16 heavy (non-hydrogen) atoms. The summed E-state index contributed by atoms with van der Waals surface area (Å²) in [5.74, 6) is 1.09. The Morgan fingerprint density at radius 2 is 2.00 bits per heavy atom. The fraction of sp³-hybridized carbons (Fsp3) is 0.182. The van der Waals surface area contributed by atoms with Crippen LogP contribution in [0.15, 0.2) is 41.5 Å². The highest BCUT2D eigenvalue weighted by molar-refractivity contribution is 5.80. The van der Waals surface area contributed by atoms with Gasteiger partial charge in [0.15, 0.2) is 11.6 Å². The summed E-state index contributed by atoms with van der Waals surface area (Å²) in [5.41, 5.74) is 11.7. The SMILES string of the molecule is COc1ccc(C2(N)C=CNC(N)=N2)cc1. The average molecular weight is 218 g/mol. The minimum absolute atomic E-state index is 0.306. The van der Waals surface area contributed by atoms with Crippen LogP contribution in [0.25, 0.3) is 0 Å². The third-order valence-corrected chi connectivity index (χ3v) is 2.43. The lowest BCUT2D eigenvalue weighted by molar-refractivity contribution is 0.414. The van der Waals surface area contributed by atoms with Crippen LogP contribution in [0.1, 0.15) is 5.56 Å². The van der Waals surface area contributed by atoms with Gasteiger partial charge in [0.05, 0.1) is 7.11 Å². The van der Waals surface area contributed by atoms with E-state index >= 15 is 0 Å². The van der Waals surface area contributed by atoms with Crippen LogP contribution in [-0.2, 0) is 5.66 Å². The van der Waals surface area contributed by atoms with Gasteiger partial charge in [-0.15, -0.1) is 0 Å². The molecule has 1 unspecified atom stereocenters. The highest BCUT2D eigenvalue weighted by Crippen LogP contribution is 2.24. The monoisotopic (exact) mass is 218 g/mol. The summed E-state index contributed by atoms with van der Waals surface area (Å²) < 4.78 is 5.08.